The van der Waals surface area contributed by atoms with Crippen LogP contribution in [0.1, 0.15) is 37.4 Å². The van der Waals surface area contributed by atoms with Crippen LogP contribution in [0.5, 0.6) is 0 Å². The average Bonchev–Trinajstić information content (AvgIpc) is 3.45. The number of ether oxygens (including phenoxy) is 3. The number of halogens is 2. The van der Waals surface area contributed by atoms with Crippen molar-refractivity contribution in [3.63, 3.8) is 0 Å². The molecule has 13 heteroatoms. The Hall–Kier alpha value is -3.08. The number of rotatable bonds is 5. The molecule has 0 saturated carbocycles. The van der Waals surface area contributed by atoms with Gasteiger partial charge < -0.3 is 14.2 Å². The summed E-state index contributed by atoms with van der Waals surface area (Å²) in [4.78, 5) is 39.6. The molecule has 230 valence electrons. The van der Waals surface area contributed by atoms with Crippen molar-refractivity contribution < 1.29 is 28.2 Å². The van der Waals surface area contributed by atoms with E-state index in [0.29, 0.717) is 35.0 Å². The molecule has 1 aromatic heterocycles. The zero-order chi connectivity index (χ0) is 31.5. The predicted molar refractivity (Wildman–Crippen MR) is 167 cm³/mol. The molecule has 0 bridgehead atoms. The lowest BCUT2D eigenvalue weighted by Gasteiger charge is -2.39. The molecule has 2 aliphatic heterocycles. The van der Waals surface area contributed by atoms with Crippen LogP contribution in [-0.2, 0) is 19.0 Å². The van der Waals surface area contributed by atoms with E-state index < -0.39 is 43.6 Å². The molecule has 1 saturated heterocycles. The zero-order valence-electron chi connectivity index (χ0n) is 25.4. The van der Waals surface area contributed by atoms with E-state index in [4.69, 9.17) is 30.8 Å². The molecular formula is C30H36ClFN4O5SSi. The van der Waals surface area contributed by atoms with E-state index >= 15 is 0 Å². The topological polar surface area (TPSA) is 93.6 Å². The number of amidine groups is 1. The summed E-state index contributed by atoms with van der Waals surface area (Å²) in [7, 11) is -0.634. The first-order valence-corrected chi connectivity index (χ1v) is 18.6. The molecule has 4 rings (SSSR count). The van der Waals surface area contributed by atoms with E-state index in [1.807, 2.05) is 4.90 Å². The van der Waals surface area contributed by atoms with Gasteiger partial charge >= 0.3 is 12.1 Å². The Balaban J connectivity index is 2.02. The summed E-state index contributed by atoms with van der Waals surface area (Å²) in [5.41, 5.74) is 4.06. The smallest absolute Gasteiger partial charge is 0.420 e. The molecule has 1 aromatic carbocycles. The molecule has 1 fully saturated rings. The largest absolute Gasteiger partial charge is 0.468 e. The number of morpholine rings is 1. The van der Waals surface area contributed by atoms with Crippen molar-refractivity contribution in [1.82, 2.24) is 14.8 Å². The van der Waals surface area contributed by atoms with Crippen molar-refractivity contribution in [2.45, 2.75) is 58.1 Å². The monoisotopic (exact) mass is 646 g/mol. The third-order valence-electron chi connectivity index (χ3n) is 6.41. The molecule has 3 heterocycles. The number of benzene rings is 1. The Morgan fingerprint density at radius 1 is 1.28 bits per heavy atom. The van der Waals surface area contributed by atoms with Crippen molar-refractivity contribution in [2.24, 2.45) is 4.99 Å². The lowest BCUT2D eigenvalue weighted by Crippen LogP contribution is -2.54. The predicted octanol–water partition coefficient (Wildman–Crippen LogP) is 5.68. The van der Waals surface area contributed by atoms with Crippen molar-refractivity contribution in [2.75, 3.05) is 33.4 Å². The van der Waals surface area contributed by atoms with Crippen LogP contribution >= 0.6 is 22.9 Å². The fraction of sp³-hybridized carbons (Fsp3) is 0.467. The van der Waals surface area contributed by atoms with Crippen LogP contribution in [0.25, 0.3) is 0 Å². The molecule has 0 spiro atoms. The Labute approximate surface area is 261 Å². The number of hydrogen-bond donors (Lipinski definition) is 0. The quantitative estimate of drug-likeness (QED) is 0.234. The molecule has 0 N–H and O–H groups in total. The standard InChI is InChI=1S/C30H36ClFN4O5SSi/c1-30(2,3)41-29(38)36-23(17-35-12-13-40-18-24(35)28(37)39-4)21(10-15-43(5,6)7)25(20-9-8-19(32)16-22(20)31)34-26(36)27-33-11-14-42-27/h8-9,11,14,16,24-25H,12-13,17-18H2,1-7H3/t24-,25?/m0/s1. The number of carbonyl (C=O) groups excluding carboxylic acids is 2. The first-order chi connectivity index (χ1) is 20.2. The van der Waals surface area contributed by atoms with Gasteiger partial charge in [-0.2, -0.15) is 0 Å². The second-order valence-electron chi connectivity index (χ2n) is 12.1. The van der Waals surface area contributed by atoms with Gasteiger partial charge in [0.15, 0.2) is 10.8 Å². The van der Waals surface area contributed by atoms with Gasteiger partial charge in [-0.3, -0.25) is 14.7 Å². The summed E-state index contributed by atoms with van der Waals surface area (Å²) >= 11 is 7.93. The van der Waals surface area contributed by atoms with Gasteiger partial charge in [-0.15, -0.1) is 16.9 Å². The Morgan fingerprint density at radius 2 is 2.02 bits per heavy atom. The highest BCUT2D eigenvalue weighted by molar-refractivity contribution is 7.11. The summed E-state index contributed by atoms with van der Waals surface area (Å²) in [5, 5.41) is 2.42. The molecule has 2 atom stereocenters. The lowest BCUT2D eigenvalue weighted by molar-refractivity contribution is -0.152. The minimum atomic E-state index is -1.96. The number of aliphatic imine (C=N–C) groups is 1. The third-order valence-corrected chi connectivity index (χ3v) is 8.38. The summed E-state index contributed by atoms with van der Waals surface area (Å²) in [6, 6.07) is 2.62. The number of carbonyl (C=O) groups is 2. The summed E-state index contributed by atoms with van der Waals surface area (Å²) < 4.78 is 30.8. The highest BCUT2D eigenvalue weighted by Crippen LogP contribution is 2.40. The first kappa shape index (κ1) is 32.8. The SMILES string of the molecule is COC(=O)[C@@H]1COCCN1CC1=C(C#C[Si](C)(C)C)C(c2ccc(F)cc2Cl)N=C(c2nccs2)N1C(=O)OC(C)(C)C. The van der Waals surface area contributed by atoms with Gasteiger partial charge in [0.1, 0.15) is 31.6 Å². The maximum absolute atomic E-state index is 14.2. The average molecular weight is 647 g/mol. The summed E-state index contributed by atoms with van der Waals surface area (Å²) in [5.74, 6) is 2.65. The Kier molecular flexibility index (Phi) is 10.1. The number of amides is 1. The minimum Gasteiger partial charge on any atom is -0.468 e. The highest BCUT2D eigenvalue weighted by atomic mass is 35.5. The maximum Gasteiger partial charge on any atom is 0.420 e. The van der Waals surface area contributed by atoms with E-state index in [-0.39, 0.29) is 24.0 Å². The summed E-state index contributed by atoms with van der Waals surface area (Å²) in [6.07, 6.45) is 0.949. The minimum absolute atomic E-state index is 0.109. The van der Waals surface area contributed by atoms with Crippen LogP contribution in [0.4, 0.5) is 9.18 Å². The van der Waals surface area contributed by atoms with Crippen LogP contribution in [-0.4, -0.2) is 85.8 Å². The second-order valence-corrected chi connectivity index (χ2v) is 18.2. The third kappa shape index (κ3) is 8.10. The fourth-order valence-electron chi connectivity index (χ4n) is 4.51. The van der Waals surface area contributed by atoms with Gasteiger partial charge in [0.25, 0.3) is 0 Å². The van der Waals surface area contributed by atoms with Gasteiger partial charge in [-0.25, -0.2) is 19.1 Å². The van der Waals surface area contributed by atoms with Crippen LogP contribution in [0.15, 0.2) is 46.0 Å². The number of hydrogen-bond acceptors (Lipinski definition) is 9. The second kappa shape index (κ2) is 13.3. The zero-order valence-corrected chi connectivity index (χ0v) is 27.9. The molecule has 0 aliphatic carbocycles. The van der Waals surface area contributed by atoms with Crippen molar-refractivity contribution in [3.8, 4) is 11.5 Å². The van der Waals surface area contributed by atoms with E-state index in [2.05, 4.69) is 36.1 Å². The highest BCUT2D eigenvalue weighted by Gasteiger charge is 2.41. The number of thiazole rings is 1. The van der Waals surface area contributed by atoms with Gasteiger partial charge in [0.05, 0.1) is 31.6 Å². The molecule has 0 radical (unpaired) electrons. The van der Waals surface area contributed by atoms with Crippen LogP contribution in [0.3, 0.4) is 0 Å². The lowest BCUT2D eigenvalue weighted by atomic mass is 9.94. The van der Waals surface area contributed by atoms with Crippen LogP contribution in [0, 0.1) is 17.3 Å². The normalized spacial score (nSPS) is 19.8. The molecule has 2 aromatic rings. The van der Waals surface area contributed by atoms with Crippen molar-refractivity contribution in [3.05, 3.63) is 62.5 Å². The molecule has 1 unspecified atom stereocenters. The number of nitrogens with zero attached hydrogens (tertiary/aromatic N) is 4. The molecular weight excluding hydrogens is 611 g/mol. The van der Waals surface area contributed by atoms with Crippen LogP contribution < -0.4 is 0 Å². The number of methoxy groups -OCH3 is 1. The Morgan fingerprint density at radius 3 is 2.63 bits per heavy atom. The fourth-order valence-corrected chi connectivity index (χ4v) is 5.91. The van der Waals surface area contributed by atoms with Gasteiger partial charge in [0.2, 0.25) is 0 Å². The molecule has 9 nitrogen and oxygen atoms in total. The van der Waals surface area contributed by atoms with E-state index in [9.17, 15) is 14.0 Å². The van der Waals surface area contributed by atoms with Gasteiger partial charge in [-0.05, 0) is 32.9 Å². The van der Waals surface area contributed by atoms with E-state index in [1.54, 1.807) is 38.4 Å². The van der Waals surface area contributed by atoms with Gasteiger partial charge in [-0.1, -0.05) is 43.2 Å². The maximum atomic E-state index is 14.2. The number of esters is 1. The Bertz CT molecular complexity index is 1490. The summed E-state index contributed by atoms with van der Waals surface area (Å²) in [6.45, 7) is 12.7. The van der Waals surface area contributed by atoms with E-state index in [1.165, 1.54) is 35.5 Å². The van der Waals surface area contributed by atoms with Crippen molar-refractivity contribution >= 4 is 48.9 Å². The van der Waals surface area contributed by atoms with Crippen LogP contribution in [0.2, 0.25) is 24.7 Å². The van der Waals surface area contributed by atoms with E-state index in [0.717, 1.165) is 0 Å². The number of aromatic nitrogens is 1. The molecule has 43 heavy (non-hydrogen) atoms. The van der Waals surface area contributed by atoms with Crippen molar-refractivity contribution in [1.29, 1.82) is 0 Å². The first-order valence-electron chi connectivity index (χ1n) is 13.8. The molecule has 1 amide bonds. The van der Waals surface area contributed by atoms with Gasteiger partial charge in [0, 0.05) is 35.3 Å². The molecule has 2 aliphatic rings.